The van der Waals surface area contributed by atoms with Gasteiger partial charge in [0, 0.05) is 31.7 Å². The maximum Gasteiger partial charge on any atom is 0.127 e. The summed E-state index contributed by atoms with van der Waals surface area (Å²) in [5, 5.41) is 8.16. The summed E-state index contributed by atoms with van der Waals surface area (Å²) < 4.78 is 5.43. The van der Waals surface area contributed by atoms with Gasteiger partial charge in [0.05, 0.1) is 23.5 Å². The van der Waals surface area contributed by atoms with Gasteiger partial charge in [0.15, 0.2) is 0 Å². The SMILES string of the molecule is CCC1(CCOC)Nc2cc(CCN(C)C)ccc2NC1=NCc1cccc(Cl)c1. The second kappa shape index (κ2) is 10.3. The summed E-state index contributed by atoms with van der Waals surface area (Å²) in [6.07, 6.45) is 2.76. The highest BCUT2D eigenvalue weighted by atomic mass is 35.5. The molecule has 0 radical (unpaired) electrons. The van der Waals surface area contributed by atoms with Crippen molar-refractivity contribution in [2.24, 2.45) is 4.99 Å². The minimum Gasteiger partial charge on any atom is -0.385 e. The van der Waals surface area contributed by atoms with Gasteiger partial charge in [-0.1, -0.05) is 36.7 Å². The number of aliphatic imine (C=N–C) groups is 1. The van der Waals surface area contributed by atoms with Crippen molar-refractivity contribution in [2.75, 3.05) is 45.0 Å². The van der Waals surface area contributed by atoms with Gasteiger partial charge in [-0.25, -0.2) is 0 Å². The van der Waals surface area contributed by atoms with Crippen molar-refractivity contribution in [1.29, 1.82) is 0 Å². The second-order valence-corrected chi connectivity index (χ2v) is 8.59. The van der Waals surface area contributed by atoms with Gasteiger partial charge in [-0.3, -0.25) is 4.99 Å². The fourth-order valence-corrected chi connectivity index (χ4v) is 3.98. The largest absolute Gasteiger partial charge is 0.385 e. The van der Waals surface area contributed by atoms with Crippen LogP contribution in [-0.2, 0) is 17.7 Å². The Morgan fingerprint density at radius 1 is 1.10 bits per heavy atom. The Labute approximate surface area is 185 Å². The lowest BCUT2D eigenvalue weighted by Crippen LogP contribution is -2.53. The third kappa shape index (κ3) is 5.54. The molecule has 2 aromatic rings. The molecular formula is C24H33ClN4O. The van der Waals surface area contributed by atoms with Crippen LogP contribution in [0.25, 0.3) is 0 Å². The van der Waals surface area contributed by atoms with Crippen LogP contribution >= 0.6 is 11.6 Å². The molecule has 6 heteroatoms. The van der Waals surface area contributed by atoms with Gasteiger partial charge in [0.25, 0.3) is 0 Å². The van der Waals surface area contributed by atoms with Crippen molar-refractivity contribution < 1.29 is 4.74 Å². The zero-order chi connectivity index (χ0) is 21.6. The third-order valence-corrected chi connectivity index (χ3v) is 5.89. The van der Waals surface area contributed by atoms with E-state index in [1.807, 2.05) is 18.2 Å². The Balaban J connectivity index is 1.90. The van der Waals surface area contributed by atoms with Gasteiger partial charge in [-0.2, -0.15) is 0 Å². The number of likely N-dealkylation sites (N-methyl/N-ethyl adjacent to an activating group) is 1. The summed E-state index contributed by atoms with van der Waals surface area (Å²) >= 11 is 6.15. The van der Waals surface area contributed by atoms with E-state index in [1.165, 1.54) is 5.56 Å². The standard InChI is InChI=1S/C24H33ClN4O/c1-5-24(12-14-30-4)23(26-17-19-7-6-8-20(25)15-19)27-21-10-9-18(11-13-29(2)3)16-22(21)28-24/h6-10,15-16,28H,5,11-14,17H2,1-4H3,(H,26,27). The Morgan fingerprint density at radius 2 is 1.93 bits per heavy atom. The number of hydrogen-bond acceptors (Lipinski definition) is 4. The lowest BCUT2D eigenvalue weighted by atomic mass is 9.87. The van der Waals surface area contributed by atoms with E-state index in [4.69, 9.17) is 21.3 Å². The quantitative estimate of drug-likeness (QED) is 0.585. The molecule has 0 amide bonds. The topological polar surface area (TPSA) is 48.9 Å². The molecule has 0 saturated heterocycles. The van der Waals surface area contributed by atoms with E-state index in [0.29, 0.717) is 13.2 Å². The first kappa shape index (κ1) is 22.6. The molecule has 2 aromatic carbocycles. The van der Waals surface area contributed by atoms with E-state index < -0.39 is 0 Å². The number of fused-ring (bicyclic) bond motifs is 1. The highest BCUT2D eigenvalue weighted by Crippen LogP contribution is 2.36. The summed E-state index contributed by atoms with van der Waals surface area (Å²) in [7, 11) is 5.96. The Bertz CT molecular complexity index is 883. The Hall–Kier alpha value is -2.08. The number of methoxy groups -OCH3 is 1. The van der Waals surface area contributed by atoms with Crippen LogP contribution in [0.2, 0.25) is 5.02 Å². The van der Waals surface area contributed by atoms with Gasteiger partial charge >= 0.3 is 0 Å². The van der Waals surface area contributed by atoms with E-state index in [1.54, 1.807) is 7.11 Å². The molecule has 30 heavy (non-hydrogen) atoms. The predicted octanol–water partition coefficient (Wildman–Crippen LogP) is 5.07. The Morgan fingerprint density at radius 3 is 2.63 bits per heavy atom. The molecule has 0 fully saturated rings. The predicted molar refractivity (Wildman–Crippen MR) is 128 cm³/mol. The summed E-state index contributed by atoms with van der Waals surface area (Å²) in [6.45, 7) is 4.46. The van der Waals surface area contributed by atoms with E-state index >= 15 is 0 Å². The number of amidine groups is 1. The minimum absolute atomic E-state index is 0.290. The van der Waals surface area contributed by atoms with Crippen molar-refractivity contribution >= 4 is 28.8 Å². The molecule has 0 spiro atoms. The monoisotopic (exact) mass is 428 g/mol. The van der Waals surface area contributed by atoms with Gasteiger partial charge < -0.3 is 20.3 Å². The molecule has 0 bridgehead atoms. The van der Waals surface area contributed by atoms with E-state index in [-0.39, 0.29) is 5.54 Å². The first-order valence-electron chi connectivity index (χ1n) is 10.6. The second-order valence-electron chi connectivity index (χ2n) is 8.16. The van der Waals surface area contributed by atoms with Crippen LogP contribution in [-0.4, -0.2) is 50.6 Å². The van der Waals surface area contributed by atoms with E-state index in [9.17, 15) is 0 Å². The summed E-state index contributed by atoms with van der Waals surface area (Å²) in [5.74, 6) is 0.954. The fraction of sp³-hybridized carbons (Fsp3) is 0.458. The Kier molecular flexibility index (Phi) is 7.75. The minimum atomic E-state index is -0.290. The zero-order valence-electron chi connectivity index (χ0n) is 18.5. The van der Waals surface area contributed by atoms with Gasteiger partial charge in [-0.05, 0) is 62.3 Å². The molecule has 0 aliphatic carbocycles. The molecule has 1 heterocycles. The van der Waals surface area contributed by atoms with E-state index in [2.05, 4.69) is 60.8 Å². The number of ether oxygens (including phenoxy) is 1. The molecule has 1 aliphatic rings. The van der Waals surface area contributed by atoms with Crippen molar-refractivity contribution in [3.05, 3.63) is 58.6 Å². The number of nitrogens with one attached hydrogen (secondary N) is 2. The molecule has 1 aliphatic heterocycles. The number of hydrogen-bond donors (Lipinski definition) is 2. The smallest absolute Gasteiger partial charge is 0.127 e. The molecule has 2 N–H and O–H groups in total. The van der Waals surface area contributed by atoms with Crippen LogP contribution in [0.4, 0.5) is 11.4 Å². The normalized spacial score (nSPS) is 19.5. The average molecular weight is 429 g/mol. The fourth-order valence-electron chi connectivity index (χ4n) is 3.76. The van der Waals surface area contributed by atoms with Gasteiger partial charge in [0.2, 0.25) is 0 Å². The molecule has 3 rings (SSSR count). The van der Waals surface area contributed by atoms with Gasteiger partial charge in [-0.15, -0.1) is 0 Å². The summed E-state index contributed by atoms with van der Waals surface area (Å²) in [6, 6.07) is 14.5. The number of halogens is 1. The van der Waals surface area contributed by atoms with Crippen molar-refractivity contribution in [2.45, 2.75) is 38.3 Å². The molecule has 1 atom stereocenters. The highest BCUT2D eigenvalue weighted by molar-refractivity contribution is 6.30. The maximum atomic E-state index is 6.15. The summed E-state index contributed by atoms with van der Waals surface area (Å²) in [4.78, 5) is 7.18. The van der Waals surface area contributed by atoms with Crippen LogP contribution in [0.5, 0.6) is 0 Å². The molecule has 0 saturated carbocycles. The molecule has 162 valence electrons. The molecule has 0 aromatic heterocycles. The lowest BCUT2D eigenvalue weighted by Gasteiger charge is -2.41. The number of nitrogens with zero attached hydrogens (tertiary/aromatic N) is 2. The third-order valence-electron chi connectivity index (χ3n) is 5.66. The highest BCUT2D eigenvalue weighted by Gasteiger charge is 2.38. The molecular weight excluding hydrogens is 396 g/mol. The van der Waals surface area contributed by atoms with Crippen molar-refractivity contribution in [3.63, 3.8) is 0 Å². The number of rotatable bonds is 9. The van der Waals surface area contributed by atoms with Crippen molar-refractivity contribution in [3.8, 4) is 0 Å². The molecule has 1 unspecified atom stereocenters. The van der Waals surface area contributed by atoms with Crippen LogP contribution in [0.15, 0.2) is 47.5 Å². The maximum absolute atomic E-state index is 6.15. The zero-order valence-corrected chi connectivity index (χ0v) is 19.2. The average Bonchev–Trinajstić information content (AvgIpc) is 2.74. The van der Waals surface area contributed by atoms with Crippen LogP contribution < -0.4 is 10.6 Å². The van der Waals surface area contributed by atoms with Crippen molar-refractivity contribution in [1.82, 2.24) is 4.90 Å². The van der Waals surface area contributed by atoms with E-state index in [0.717, 1.165) is 53.6 Å². The molecule has 5 nitrogen and oxygen atoms in total. The van der Waals surface area contributed by atoms with Crippen LogP contribution in [0, 0.1) is 0 Å². The van der Waals surface area contributed by atoms with Crippen LogP contribution in [0.1, 0.15) is 30.9 Å². The number of benzene rings is 2. The lowest BCUT2D eigenvalue weighted by molar-refractivity contribution is 0.182. The van der Waals surface area contributed by atoms with Gasteiger partial charge in [0.1, 0.15) is 5.84 Å². The summed E-state index contributed by atoms with van der Waals surface area (Å²) in [5.41, 5.74) is 4.33. The number of anilines is 2. The van der Waals surface area contributed by atoms with Crippen LogP contribution in [0.3, 0.4) is 0 Å². The first-order chi connectivity index (χ1) is 14.5. The first-order valence-corrected chi connectivity index (χ1v) is 10.9.